The monoisotopic (exact) mass is 408 g/mol. The maximum Gasteiger partial charge on any atom is 0.246 e. The molecule has 0 spiro atoms. The van der Waals surface area contributed by atoms with Crippen LogP contribution in [0.3, 0.4) is 0 Å². The van der Waals surface area contributed by atoms with Gasteiger partial charge in [-0.15, -0.1) is 11.3 Å². The van der Waals surface area contributed by atoms with Gasteiger partial charge in [-0.2, -0.15) is 0 Å². The van der Waals surface area contributed by atoms with Gasteiger partial charge in [0.05, 0.1) is 29.4 Å². The van der Waals surface area contributed by atoms with Gasteiger partial charge in [0.15, 0.2) is 11.5 Å². The van der Waals surface area contributed by atoms with E-state index in [1.807, 2.05) is 41.3 Å². The van der Waals surface area contributed by atoms with Crippen molar-refractivity contribution >= 4 is 33.5 Å². The number of hydrogen-bond acceptors (Lipinski definition) is 5. The molecule has 1 atom stereocenters. The Hall–Kier alpha value is -2.86. The molecule has 2 heterocycles. The van der Waals surface area contributed by atoms with Crippen LogP contribution in [0, 0.1) is 0 Å². The smallest absolute Gasteiger partial charge is 0.246 e. The first-order valence-corrected chi connectivity index (χ1v) is 10.5. The third-order valence-corrected chi connectivity index (χ3v) is 6.43. The number of amides is 1. The molecule has 150 valence electrons. The fourth-order valence-corrected chi connectivity index (χ4v) is 4.85. The molecule has 5 nitrogen and oxygen atoms in total. The summed E-state index contributed by atoms with van der Waals surface area (Å²) >= 11 is 1.74. The highest BCUT2D eigenvalue weighted by Gasteiger charge is 2.26. The average molecular weight is 409 g/mol. The number of hydrogen-bond donors (Lipinski definition) is 0. The van der Waals surface area contributed by atoms with E-state index in [4.69, 9.17) is 14.5 Å². The van der Waals surface area contributed by atoms with Crippen LogP contribution >= 0.6 is 11.3 Å². The summed E-state index contributed by atoms with van der Waals surface area (Å²) in [6, 6.07) is 13.8. The van der Waals surface area contributed by atoms with Crippen molar-refractivity contribution in [2.45, 2.75) is 18.8 Å². The Balaban J connectivity index is 1.48. The van der Waals surface area contributed by atoms with E-state index in [2.05, 4.69) is 6.07 Å². The molecule has 1 fully saturated rings. The molecule has 0 bridgehead atoms. The van der Waals surface area contributed by atoms with Gasteiger partial charge >= 0.3 is 0 Å². The third-order valence-electron chi connectivity index (χ3n) is 5.23. The summed E-state index contributed by atoms with van der Waals surface area (Å²) in [6.07, 6.45) is 5.47. The molecule has 3 aromatic rings. The minimum absolute atomic E-state index is 0.0145. The predicted octanol–water partition coefficient (Wildman–Crippen LogP) is 4.73. The van der Waals surface area contributed by atoms with E-state index in [0.717, 1.165) is 35.5 Å². The number of carbonyl (C=O) groups is 1. The van der Waals surface area contributed by atoms with Crippen LogP contribution in [-0.4, -0.2) is 43.1 Å². The molecule has 1 aliphatic rings. The number of ether oxygens (including phenoxy) is 2. The zero-order valence-corrected chi connectivity index (χ0v) is 17.4. The van der Waals surface area contributed by atoms with Crippen LogP contribution in [0.1, 0.15) is 29.3 Å². The quantitative estimate of drug-likeness (QED) is 0.573. The van der Waals surface area contributed by atoms with E-state index >= 15 is 0 Å². The normalized spacial score (nSPS) is 17.0. The largest absolute Gasteiger partial charge is 0.493 e. The van der Waals surface area contributed by atoms with Gasteiger partial charge in [-0.25, -0.2) is 4.98 Å². The molecule has 0 aliphatic carbocycles. The molecule has 0 unspecified atom stereocenters. The number of likely N-dealkylation sites (tertiary alicyclic amines) is 1. The second-order valence-corrected chi connectivity index (χ2v) is 8.12. The molecule has 1 aromatic heterocycles. The number of aromatic nitrogens is 1. The Bertz CT molecular complexity index is 1010. The van der Waals surface area contributed by atoms with Crippen LogP contribution in [0.2, 0.25) is 0 Å². The van der Waals surface area contributed by atoms with Gasteiger partial charge in [-0.05, 0) is 37.1 Å². The van der Waals surface area contributed by atoms with E-state index in [1.54, 1.807) is 37.7 Å². The summed E-state index contributed by atoms with van der Waals surface area (Å²) in [5.41, 5.74) is 1.86. The van der Waals surface area contributed by atoms with Gasteiger partial charge in [0.25, 0.3) is 0 Å². The van der Waals surface area contributed by atoms with Crippen molar-refractivity contribution in [2.75, 3.05) is 27.3 Å². The Labute approximate surface area is 174 Å². The zero-order valence-electron chi connectivity index (χ0n) is 16.6. The van der Waals surface area contributed by atoms with E-state index in [1.165, 1.54) is 4.70 Å². The van der Waals surface area contributed by atoms with Gasteiger partial charge < -0.3 is 14.4 Å². The SMILES string of the molecule is COc1cccc(/C=C/C(=O)N2CCC[C@H](c3nc4ccccc4s3)C2)c1OC. The predicted molar refractivity (Wildman–Crippen MR) is 117 cm³/mol. The second kappa shape index (κ2) is 8.66. The summed E-state index contributed by atoms with van der Waals surface area (Å²) in [6.45, 7) is 1.48. The summed E-state index contributed by atoms with van der Waals surface area (Å²) in [5, 5.41) is 1.13. The maximum absolute atomic E-state index is 12.8. The summed E-state index contributed by atoms with van der Waals surface area (Å²) in [5.74, 6) is 1.59. The maximum atomic E-state index is 12.8. The molecule has 0 radical (unpaired) electrons. The number of piperidine rings is 1. The highest BCUT2D eigenvalue weighted by atomic mass is 32.1. The molecule has 1 amide bonds. The molecule has 6 heteroatoms. The lowest BCUT2D eigenvalue weighted by Crippen LogP contribution is -2.38. The van der Waals surface area contributed by atoms with Crippen LogP contribution in [0.5, 0.6) is 11.5 Å². The molecule has 1 saturated heterocycles. The number of methoxy groups -OCH3 is 2. The first-order valence-electron chi connectivity index (χ1n) is 9.73. The third kappa shape index (κ3) is 4.12. The van der Waals surface area contributed by atoms with Crippen molar-refractivity contribution in [3.63, 3.8) is 0 Å². The molecule has 2 aromatic carbocycles. The Morgan fingerprint density at radius 3 is 2.83 bits per heavy atom. The number of para-hydroxylation sites is 2. The first kappa shape index (κ1) is 19.5. The van der Waals surface area contributed by atoms with Crippen molar-refractivity contribution < 1.29 is 14.3 Å². The van der Waals surface area contributed by atoms with Crippen LogP contribution in [-0.2, 0) is 4.79 Å². The molecule has 29 heavy (non-hydrogen) atoms. The number of benzene rings is 2. The fourth-order valence-electron chi connectivity index (χ4n) is 3.75. The van der Waals surface area contributed by atoms with Gasteiger partial charge in [-0.1, -0.05) is 24.3 Å². The lowest BCUT2D eigenvalue weighted by molar-refractivity contribution is -0.127. The van der Waals surface area contributed by atoms with E-state index in [9.17, 15) is 4.79 Å². The number of carbonyl (C=O) groups excluding carboxylic acids is 1. The van der Waals surface area contributed by atoms with E-state index in [-0.39, 0.29) is 5.91 Å². The van der Waals surface area contributed by atoms with Gasteiger partial charge in [0.2, 0.25) is 5.91 Å². The van der Waals surface area contributed by atoms with Crippen molar-refractivity contribution in [2.24, 2.45) is 0 Å². The van der Waals surface area contributed by atoms with Crippen molar-refractivity contribution in [1.29, 1.82) is 0 Å². The number of rotatable bonds is 5. The lowest BCUT2D eigenvalue weighted by Gasteiger charge is -2.31. The van der Waals surface area contributed by atoms with Crippen molar-refractivity contribution in [3.8, 4) is 11.5 Å². The van der Waals surface area contributed by atoms with Crippen molar-refractivity contribution in [1.82, 2.24) is 9.88 Å². The van der Waals surface area contributed by atoms with Gasteiger partial charge in [-0.3, -0.25) is 4.79 Å². The summed E-state index contributed by atoms with van der Waals surface area (Å²) in [7, 11) is 3.21. The Morgan fingerprint density at radius 2 is 2.03 bits per heavy atom. The van der Waals surface area contributed by atoms with Crippen LogP contribution < -0.4 is 9.47 Å². The standard InChI is InChI=1S/C23H24N2O3S/c1-27-19-10-5-7-16(22(19)28-2)12-13-21(26)25-14-6-8-17(15-25)23-24-18-9-3-4-11-20(18)29-23/h3-5,7,9-13,17H,6,8,14-15H2,1-2H3/b13-12+/t17-/m0/s1. The summed E-state index contributed by atoms with van der Waals surface area (Å²) < 4.78 is 12.0. The van der Waals surface area contributed by atoms with Gasteiger partial charge in [0.1, 0.15) is 0 Å². The number of nitrogens with zero attached hydrogens (tertiary/aromatic N) is 2. The van der Waals surface area contributed by atoms with Crippen LogP contribution in [0.25, 0.3) is 16.3 Å². The molecule has 0 N–H and O–H groups in total. The van der Waals surface area contributed by atoms with Crippen LogP contribution in [0.15, 0.2) is 48.5 Å². The number of thiazole rings is 1. The molecular formula is C23H24N2O3S. The first-order chi connectivity index (χ1) is 14.2. The average Bonchev–Trinajstić information content (AvgIpc) is 3.21. The van der Waals surface area contributed by atoms with E-state index in [0.29, 0.717) is 24.0 Å². The Morgan fingerprint density at radius 1 is 1.17 bits per heavy atom. The summed E-state index contributed by atoms with van der Waals surface area (Å²) in [4.78, 5) is 19.5. The minimum atomic E-state index is 0.0145. The Kier molecular flexibility index (Phi) is 5.81. The minimum Gasteiger partial charge on any atom is -0.493 e. The highest BCUT2D eigenvalue weighted by molar-refractivity contribution is 7.18. The number of fused-ring (bicyclic) bond motifs is 1. The van der Waals surface area contributed by atoms with Crippen LogP contribution in [0.4, 0.5) is 0 Å². The molecular weight excluding hydrogens is 384 g/mol. The highest BCUT2D eigenvalue weighted by Crippen LogP contribution is 2.34. The van der Waals surface area contributed by atoms with E-state index < -0.39 is 0 Å². The van der Waals surface area contributed by atoms with Crippen molar-refractivity contribution in [3.05, 3.63) is 59.1 Å². The molecule has 0 saturated carbocycles. The zero-order chi connectivity index (χ0) is 20.2. The lowest BCUT2D eigenvalue weighted by atomic mass is 9.98. The second-order valence-electron chi connectivity index (χ2n) is 7.06. The molecule has 1 aliphatic heterocycles. The molecule has 4 rings (SSSR count). The topological polar surface area (TPSA) is 51.7 Å². The fraction of sp³-hybridized carbons (Fsp3) is 0.304. The van der Waals surface area contributed by atoms with Gasteiger partial charge in [0, 0.05) is 30.6 Å².